The zero-order chi connectivity index (χ0) is 14.8. The SMILES string of the molecule is CNC1CCc2c(OCc3ccc(Br)cc3Cl)cccc21. The molecule has 1 N–H and O–H groups in total. The average molecular weight is 367 g/mol. The van der Waals surface area contributed by atoms with Crippen molar-refractivity contribution in [1.29, 1.82) is 0 Å². The predicted molar refractivity (Wildman–Crippen MR) is 90.0 cm³/mol. The summed E-state index contributed by atoms with van der Waals surface area (Å²) < 4.78 is 7.00. The number of benzene rings is 2. The van der Waals surface area contributed by atoms with Gasteiger partial charge in [0.2, 0.25) is 0 Å². The molecule has 4 heteroatoms. The van der Waals surface area contributed by atoms with Crippen molar-refractivity contribution in [2.45, 2.75) is 25.5 Å². The summed E-state index contributed by atoms with van der Waals surface area (Å²) in [7, 11) is 2.01. The molecule has 1 atom stereocenters. The number of halogens is 2. The van der Waals surface area contributed by atoms with Crippen LogP contribution >= 0.6 is 27.5 Å². The normalized spacial score (nSPS) is 16.8. The topological polar surface area (TPSA) is 21.3 Å². The highest BCUT2D eigenvalue weighted by atomic mass is 79.9. The maximum atomic E-state index is 6.24. The van der Waals surface area contributed by atoms with Crippen LogP contribution in [0.4, 0.5) is 0 Å². The molecule has 0 amide bonds. The van der Waals surface area contributed by atoms with Crippen molar-refractivity contribution in [2.24, 2.45) is 0 Å². The molecule has 1 aliphatic carbocycles. The molecule has 2 aromatic rings. The van der Waals surface area contributed by atoms with Crippen LogP contribution in [-0.4, -0.2) is 7.05 Å². The van der Waals surface area contributed by atoms with E-state index in [0.29, 0.717) is 12.6 Å². The van der Waals surface area contributed by atoms with E-state index in [9.17, 15) is 0 Å². The largest absolute Gasteiger partial charge is 0.489 e. The summed E-state index contributed by atoms with van der Waals surface area (Å²) >= 11 is 9.65. The van der Waals surface area contributed by atoms with Gasteiger partial charge in [0, 0.05) is 21.1 Å². The Balaban J connectivity index is 1.79. The van der Waals surface area contributed by atoms with E-state index in [0.717, 1.165) is 33.6 Å². The molecule has 1 aliphatic rings. The van der Waals surface area contributed by atoms with E-state index in [2.05, 4.69) is 33.4 Å². The molecule has 2 nitrogen and oxygen atoms in total. The first kappa shape index (κ1) is 14.9. The molecule has 110 valence electrons. The Labute approximate surface area is 138 Å². The van der Waals surface area contributed by atoms with Crippen molar-refractivity contribution < 1.29 is 4.74 Å². The van der Waals surface area contributed by atoms with Gasteiger partial charge in [0.25, 0.3) is 0 Å². The Bertz CT molecular complexity index is 659. The van der Waals surface area contributed by atoms with Crippen LogP contribution in [0.25, 0.3) is 0 Å². The van der Waals surface area contributed by atoms with Crippen molar-refractivity contribution >= 4 is 27.5 Å². The van der Waals surface area contributed by atoms with Gasteiger partial charge in [-0.1, -0.05) is 45.7 Å². The molecule has 0 fully saturated rings. The second-order valence-electron chi connectivity index (χ2n) is 5.23. The van der Waals surface area contributed by atoms with Crippen LogP contribution in [0.2, 0.25) is 5.02 Å². The predicted octanol–water partition coefficient (Wildman–Crippen LogP) is 4.89. The van der Waals surface area contributed by atoms with Crippen LogP contribution < -0.4 is 10.1 Å². The van der Waals surface area contributed by atoms with Crippen LogP contribution in [-0.2, 0) is 13.0 Å². The van der Waals surface area contributed by atoms with E-state index in [4.69, 9.17) is 16.3 Å². The summed E-state index contributed by atoms with van der Waals surface area (Å²) in [6.07, 6.45) is 2.19. The average Bonchev–Trinajstić information content (AvgIpc) is 2.90. The van der Waals surface area contributed by atoms with E-state index in [1.165, 1.54) is 11.1 Å². The number of hydrogen-bond acceptors (Lipinski definition) is 2. The summed E-state index contributed by atoms with van der Waals surface area (Å²) in [5, 5.41) is 4.08. The number of rotatable bonds is 4. The summed E-state index contributed by atoms with van der Waals surface area (Å²) in [5.74, 6) is 0.976. The van der Waals surface area contributed by atoms with Crippen LogP contribution in [0, 0.1) is 0 Å². The first-order valence-corrected chi connectivity index (χ1v) is 8.22. The van der Waals surface area contributed by atoms with Crippen molar-refractivity contribution in [3.63, 3.8) is 0 Å². The highest BCUT2D eigenvalue weighted by Crippen LogP contribution is 2.37. The van der Waals surface area contributed by atoms with Crippen LogP contribution in [0.15, 0.2) is 40.9 Å². The van der Waals surface area contributed by atoms with Gasteiger partial charge in [-0.25, -0.2) is 0 Å². The van der Waals surface area contributed by atoms with E-state index < -0.39 is 0 Å². The van der Waals surface area contributed by atoms with Gasteiger partial charge in [0.1, 0.15) is 12.4 Å². The third-order valence-electron chi connectivity index (χ3n) is 3.97. The number of fused-ring (bicyclic) bond motifs is 1. The highest BCUT2D eigenvalue weighted by molar-refractivity contribution is 9.10. The molecule has 0 spiro atoms. The maximum Gasteiger partial charge on any atom is 0.123 e. The molecule has 0 aromatic heterocycles. The maximum absolute atomic E-state index is 6.24. The zero-order valence-electron chi connectivity index (χ0n) is 11.8. The molecule has 2 aromatic carbocycles. The second kappa shape index (κ2) is 6.39. The summed E-state index contributed by atoms with van der Waals surface area (Å²) in [4.78, 5) is 0. The number of ether oxygens (including phenoxy) is 1. The fourth-order valence-corrected chi connectivity index (χ4v) is 3.58. The molecule has 0 saturated heterocycles. The van der Waals surface area contributed by atoms with Gasteiger partial charge in [-0.2, -0.15) is 0 Å². The lowest BCUT2D eigenvalue weighted by molar-refractivity contribution is 0.303. The molecule has 0 aliphatic heterocycles. The smallest absolute Gasteiger partial charge is 0.123 e. The van der Waals surface area contributed by atoms with Crippen molar-refractivity contribution in [1.82, 2.24) is 5.32 Å². The molecule has 3 rings (SSSR count). The van der Waals surface area contributed by atoms with Gasteiger partial charge in [0.15, 0.2) is 0 Å². The van der Waals surface area contributed by atoms with Gasteiger partial charge < -0.3 is 10.1 Å². The molecule has 0 bridgehead atoms. The molecule has 0 radical (unpaired) electrons. The summed E-state index contributed by atoms with van der Waals surface area (Å²) in [5.41, 5.74) is 3.68. The Morgan fingerprint density at radius 1 is 1.33 bits per heavy atom. The van der Waals surface area contributed by atoms with Crippen molar-refractivity contribution in [2.75, 3.05) is 7.05 Å². The van der Waals surface area contributed by atoms with Gasteiger partial charge in [-0.15, -0.1) is 0 Å². The van der Waals surface area contributed by atoms with Crippen molar-refractivity contribution in [3.05, 3.63) is 62.6 Å². The summed E-state index contributed by atoms with van der Waals surface area (Å²) in [6.45, 7) is 0.493. The minimum absolute atomic E-state index is 0.444. The minimum Gasteiger partial charge on any atom is -0.489 e. The lowest BCUT2D eigenvalue weighted by Gasteiger charge is -2.13. The van der Waals surface area contributed by atoms with E-state index in [-0.39, 0.29) is 0 Å². The van der Waals surface area contributed by atoms with Gasteiger partial charge in [-0.3, -0.25) is 0 Å². The fraction of sp³-hybridized carbons (Fsp3) is 0.294. The van der Waals surface area contributed by atoms with E-state index in [1.54, 1.807) is 0 Å². The second-order valence-corrected chi connectivity index (χ2v) is 6.55. The van der Waals surface area contributed by atoms with E-state index >= 15 is 0 Å². The molecule has 1 unspecified atom stereocenters. The Morgan fingerprint density at radius 2 is 2.19 bits per heavy atom. The van der Waals surface area contributed by atoms with Crippen LogP contribution in [0.5, 0.6) is 5.75 Å². The van der Waals surface area contributed by atoms with Crippen LogP contribution in [0.3, 0.4) is 0 Å². The molecule has 0 saturated carbocycles. The standard InChI is InChI=1S/C17H17BrClNO/c1-20-16-8-7-14-13(16)3-2-4-17(14)21-10-11-5-6-12(18)9-15(11)19/h2-6,9,16,20H,7-8,10H2,1H3. The quantitative estimate of drug-likeness (QED) is 0.832. The molecular weight excluding hydrogens is 350 g/mol. The van der Waals surface area contributed by atoms with Gasteiger partial charge in [-0.05, 0) is 49.2 Å². The minimum atomic E-state index is 0.444. The third kappa shape index (κ3) is 3.10. The first-order chi connectivity index (χ1) is 10.2. The summed E-state index contributed by atoms with van der Waals surface area (Å²) in [6, 6.07) is 12.6. The number of nitrogens with one attached hydrogen (secondary N) is 1. The monoisotopic (exact) mass is 365 g/mol. The third-order valence-corrected chi connectivity index (χ3v) is 4.82. The van der Waals surface area contributed by atoms with Gasteiger partial charge in [0.05, 0.1) is 0 Å². The zero-order valence-corrected chi connectivity index (χ0v) is 14.2. The Kier molecular flexibility index (Phi) is 4.53. The van der Waals surface area contributed by atoms with Gasteiger partial charge >= 0.3 is 0 Å². The molecular formula is C17H17BrClNO. The highest BCUT2D eigenvalue weighted by Gasteiger charge is 2.23. The Hall–Kier alpha value is -1.03. The number of hydrogen-bond donors (Lipinski definition) is 1. The molecule has 21 heavy (non-hydrogen) atoms. The Morgan fingerprint density at radius 3 is 2.95 bits per heavy atom. The lowest BCUT2D eigenvalue weighted by atomic mass is 10.1. The lowest BCUT2D eigenvalue weighted by Crippen LogP contribution is -2.12. The van der Waals surface area contributed by atoms with Crippen molar-refractivity contribution in [3.8, 4) is 5.75 Å². The van der Waals surface area contributed by atoms with Crippen LogP contribution in [0.1, 0.15) is 29.2 Å². The van der Waals surface area contributed by atoms with E-state index in [1.807, 2.05) is 31.3 Å². The first-order valence-electron chi connectivity index (χ1n) is 7.05. The molecule has 0 heterocycles. The fourth-order valence-electron chi connectivity index (χ4n) is 2.85.